The monoisotopic (exact) mass is 377 g/mol. The first kappa shape index (κ1) is 20.5. The molecule has 0 saturated heterocycles. The number of rotatable bonds is 4. The maximum atomic E-state index is 10.8. The summed E-state index contributed by atoms with van der Waals surface area (Å²) >= 11 is 1.66. The summed E-state index contributed by atoms with van der Waals surface area (Å²) in [6, 6.07) is 12.5. The normalized spacial score (nSPS) is 29.4. The lowest BCUT2D eigenvalue weighted by atomic mass is 9.86. The molecule has 1 saturated carbocycles. The van der Waals surface area contributed by atoms with Gasteiger partial charge in [-0.1, -0.05) is 52.8 Å². The Morgan fingerprint density at radius 3 is 2.24 bits per heavy atom. The minimum absolute atomic E-state index is 0.0773. The van der Waals surface area contributed by atoms with E-state index >= 15 is 0 Å². The van der Waals surface area contributed by atoms with Gasteiger partial charge in [-0.05, 0) is 30.3 Å². The standard InChI is InChI=1S/C20H31NO2SSi/c1-19(2,3)25(6,7)23-18-16(24-14-11-9-8-10-12-14)15(13-21)17(22)20(18,4)5/h8-12,15-18,22H,1-7H3/t15-,16-,17-,18-/m0/s1. The highest BCUT2D eigenvalue weighted by molar-refractivity contribution is 8.00. The molecule has 0 spiro atoms. The summed E-state index contributed by atoms with van der Waals surface area (Å²) < 4.78 is 6.77. The third-order valence-electron chi connectivity index (χ3n) is 5.88. The van der Waals surface area contributed by atoms with Gasteiger partial charge in [0.25, 0.3) is 0 Å². The third kappa shape index (κ3) is 3.98. The zero-order chi connectivity index (χ0) is 19.0. The Bertz CT molecular complexity index is 633. The molecule has 2 rings (SSSR count). The van der Waals surface area contributed by atoms with E-state index in [1.54, 1.807) is 11.8 Å². The van der Waals surface area contributed by atoms with E-state index in [-0.39, 0.29) is 16.4 Å². The highest BCUT2D eigenvalue weighted by Gasteiger charge is 2.58. The van der Waals surface area contributed by atoms with Gasteiger partial charge in [-0.3, -0.25) is 0 Å². The molecule has 5 heteroatoms. The van der Waals surface area contributed by atoms with Gasteiger partial charge in [-0.2, -0.15) is 5.26 Å². The molecular formula is C20H31NO2SSi. The quantitative estimate of drug-likeness (QED) is 0.744. The Kier molecular flexibility index (Phi) is 5.80. The second-order valence-corrected chi connectivity index (χ2v) is 15.1. The Morgan fingerprint density at radius 1 is 1.20 bits per heavy atom. The second kappa shape index (κ2) is 7.07. The second-order valence-electron chi connectivity index (χ2n) is 9.12. The molecule has 1 N–H and O–H groups in total. The van der Waals surface area contributed by atoms with Crippen LogP contribution >= 0.6 is 11.8 Å². The highest BCUT2D eigenvalue weighted by atomic mass is 32.2. The fourth-order valence-electron chi connectivity index (χ4n) is 3.07. The van der Waals surface area contributed by atoms with Gasteiger partial charge >= 0.3 is 0 Å². The number of benzene rings is 1. The first-order chi connectivity index (χ1) is 11.4. The van der Waals surface area contributed by atoms with Crippen molar-refractivity contribution in [2.75, 3.05) is 0 Å². The Hall–Kier alpha value is -0.803. The number of aliphatic hydroxyl groups is 1. The van der Waals surface area contributed by atoms with Gasteiger partial charge in [-0.25, -0.2) is 0 Å². The van der Waals surface area contributed by atoms with E-state index < -0.39 is 25.8 Å². The summed E-state index contributed by atoms with van der Waals surface area (Å²) in [7, 11) is -2.02. The highest BCUT2D eigenvalue weighted by Crippen LogP contribution is 2.52. The smallest absolute Gasteiger partial charge is 0.192 e. The Balaban J connectivity index is 2.39. The summed E-state index contributed by atoms with van der Waals surface area (Å²) in [4.78, 5) is 1.11. The van der Waals surface area contributed by atoms with E-state index in [0.717, 1.165) is 4.90 Å². The van der Waals surface area contributed by atoms with E-state index in [1.807, 2.05) is 32.0 Å². The van der Waals surface area contributed by atoms with Crippen LogP contribution in [0.1, 0.15) is 34.6 Å². The number of thioether (sulfide) groups is 1. The van der Waals surface area contributed by atoms with Crippen LogP contribution in [0.2, 0.25) is 18.1 Å². The molecule has 0 radical (unpaired) electrons. The van der Waals surface area contributed by atoms with Crippen molar-refractivity contribution in [1.29, 1.82) is 5.26 Å². The van der Waals surface area contributed by atoms with Crippen molar-refractivity contribution in [3.8, 4) is 6.07 Å². The molecular weight excluding hydrogens is 346 g/mol. The first-order valence-corrected chi connectivity index (χ1v) is 12.7. The van der Waals surface area contributed by atoms with Crippen molar-refractivity contribution >= 4 is 20.1 Å². The molecule has 0 aromatic heterocycles. The summed E-state index contributed by atoms with van der Waals surface area (Å²) in [6.07, 6.45) is -0.841. The largest absolute Gasteiger partial charge is 0.412 e. The lowest BCUT2D eigenvalue weighted by Gasteiger charge is -2.43. The van der Waals surface area contributed by atoms with Crippen LogP contribution in [0.25, 0.3) is 0 Å². The fraction of sp³-hybridized carbons (Fsp3) is 0.650. The van der Waals surface area contributed by atoms with Gasteiger partial charge in [0.15, 0.2) is 8.32 Å². The minimum atomic E-state index is -2.02. The van der Waals surface area contributed by atoms with E-state index in [9.17, 15) is 10.4 Å². The molecule has 0 unspecified atom stereocenters. The van der Waals surface area contributed by atoms with E-state index in [1.165, 1.54) is 0 Å². The van der Waals surface area contributed by atoms with Crippen LogP contribution in [0, 0.1) is 22.7 Å². The maximum absolute atomic E-state index is 10.8. The van der Waals surface area contributed by atoms with Crippen LogP contribution in [0.4, 0.5) is 0 Å². The van der Waals surface area contributed by atoms with Crippen molar-refractivity contribution in [1.82, 2.24) is 0 Å². The molecule has 3 nitrogen and oxygen atoms in total. The maximum Gasteiger partial charge on any atom is 0.192 e. The zero-order valence-corrected chi connectivity index (χ0v) is 18.2. The van der Waals surface area contributed by atoms with Gasteiger partial charge in [0.2, 0.25) is 0 Å². The van der Waals surface area contributed by atoms with Crippen LogP contribution in [-0.4, -0.2) is 30.9 Å². The molecule has 1 aromatic rings. The predicted molar refractivity (Wildman–Crippen MR) is 107 cm³/mol. The Morgan fingerprint density at radius 2 is 1.76 bits per heavy atom. The molecule has 1 aliphatic rings. The molecule has 0 heterocycles. The number of nitriles is 1. The van der Waals surface area contributed by atoms with Gasteiger partial charge in [-0.15, -0.1) is 11.8 Å². The van der Waals surface area contributed by atoms with Crippen LogP contribution in [0.5, 0.6) is 0 Å². The average molecular weight is 378 g/mol. The van der Waals surface area contributed by atoms with Crippen LogP contribution in [0.15, 0.2) is 35.2 Å². The number of nitrogens with zero attached hydrogens (tertiary/aromatic N) is 1. The molecule has 0 bridgehead atoms. The minimum Gasteiger partial charge on any atom is -0.412 e. The van der Waals surface area contributed by atoms with Crippen molar-refractivity contribution < 1.29 is 9.53 Å². The zero-order valence-electron chi connectivity index (χ0n) is 16.4. The van der Waals surface area contributed by atoms with E-state index in [0.29, 0.717) is 0 Å². The van der Waals surface area contributed by atoms with Gasteiger partial charge in [0, 0.05) is 10.3 Å². The summed E-state index contributed by atoms with van der Waals surface area (Å²) in [5.74, 6) is -0.435. The molecule has 1 aromatic carbocycles. The SMILES string of the molecule is CC1(C)[C@@H](O)[C@@H](C#N)[C@H](Sc2ccccc2)[C@@H]1O[Si](C)(C)C(C)(C)C. The molecule has 138 valence electrons. The average Bonchev–Trinajstić information content (AvgIpc) is 2.67. The summed E-state index contributed by atoms with van der Waals surface area (Å²) in [5, 5.41) is 20.6. The molecule has 1 aliphatic carbocycles. The summed E-state index contributed by atoms with van der Waals surface area (Å²) in [5.41, 5.74) is -0.456. The number of hydrogen-bond donors (Lipinski definition) is 1. The predicted octanol–water partition coefficient (Wildman–Crippen LogP) is 5.08. The van der Waals surface area contributed by atoms with Crippen LogP contribution in [-0.2, 0) is 4.43 Å². The van der Waals surface area contributed by atoms with Gasteiger partial charge in [0.1, 0.15) is 0 Å². The molecule has 0 aliphatic heterocycles. The van der Waals surface area contributed by atoms with Crippen molar-refractivity contribution in [2.24, 2.45) is 11.3 Å². The van der Waals surface area contributed by atoms with Crippen molar-refractivity contribution in [3.63, 3.8) is 0 Å². The van der Waals surface area contributed by atoms with Crippen LogP contribution in [0.3, 0.4) is 0 Å². The van der Waals surface area contributed by atoms with Gasteiger partial charge in [0.05, 0.1) is 29.4 Å². The topological polar surface area (TPSA) is 53.2 Å². The summed E-state index contributed by atoms with van der Waals surface area (Å²) in [6.45, 7) is 15.2. The molecule has 1 fully saturated rings. The number of hydrogen-bond acceptors (Lipinski definition) is 4. The molecule has 0 amide bonds. The van der Waals surface area contributed by atoms with Gasteiger partial charge < -0.3 is 9.53 Å². The lowest BCUT2D eigenvalue weighted by Crippen LogP contribution is -2.49. The molecule has 25 heavy (non-hydrogen) atoms. The van der Waals surface area contributed by atoms with E-state index in [2.05, 4.69) is 52.1 Å². The fourth-order valence-corrected chi connectivity index (χ4v) is 6.12. The van der Waals surface area contributed by atoms with Crippen LogP contribution < -0.4 is 0 Å². The third-order valence-corrected chi connectivity index (χ3v) is 11.7. The van der Waals surface area contributed by atoms with E-state index in [4.69, 9.17) is 4.43 Å². The lowest BCUT2D eigenvalue weighted by molar-refractivity contribution is 0.00390. The van der Waals surface area contributed by atoms with Crippen molar-refractivity contribution in [3.05, 3.63) is 30.3 Å². The number of aliphatic hydroxyl groups excluding tert-OH is 1. The van der Waals surface area contributed by atoms with Crippen molar-refractivity contribution in [2.45, 2.75) is 75.1 Å². The molecule has 4 atom stereocenters. The Labute approximate surface area is 157 Å². The first-order valence-electron chi connectivity index (χ1n) is 8.89.